The molecule has 0 unspecified atom stereocenters. The Morgan fingerprint density at radius 2 is 2.11 bits per heavy atom. The summed E-state index contributed by atoms with van der Waals surface area (Å²) in [4.78, 5) is 16.5. The van der Waals surface area contributed by atoms with Crippen molar-refractivity contribution in [1.29, 1.82) is 0 Å². The first-order chi connectivity index (χ1) is 8.59. The third-order valence-electron chi connectivity index (χ3n) is 2.75. The lowest BCUT2D eigenvalue weighted by molar-refractivity contribution is 0.0970. The van der Waals surface area contributed by atoms with Crippen LogP contribution in [0.4, 0.5) is 0 Å². The van der Waals surface area contributed by atoms with E-state index >= 15 is 0 Å². The number of hydrogen-bond donors (Lipinski definition) is 0. The molecule has 1 heterocycles. The summed E-state index contributed by atoms with van der Waals surface area (Å²) >= 11 is 3.40. The van der Waals surface area contributed by atoms with Crippen LogP contribution in [0.1, 0.15) is 35.9 Å². The summed E-state index contributed by atoms with van der Waals surface area (Å²) in [6.07, 6.45) is 3.59. The van der Waals surface area contributed by atoms with Crippen LogP contribution in [0.2, 0.25) is 0 Å². The number of hydrogen-bond acceptors (Lipinski definition) is 2. The second-order valence-electron chi connectivity index (χ2n) is 4.47. The van der Waals surface area contributed by atoms with Crippen molar-refractivity contribution in [3.63, 3.8) is 0 Å². The maximum atomic E-state index is 12.2. The molecule has 3 nitrogen and oxygen atoms in total. The molecule has 0 aliphatic carbocycles. The molecule has 0 bridgehead atoms. The molecule has 0 saturated heterocycles. The molecule has 0 aliphatic heterocycles. The fourth-order valence-electron chi connectivity index (χ4n) is 1.88. The van der Waals surface area contributed by atoms with Crippen molar-refractivity contribution in [2.24, 2.45) is 0 Å². The minimum Gasteiger partial charge on any atom is -0.327 e. The molecular formula is C14H15BrN2O. The summed E-state index contributed by atoms with van der Waals surface area (Å²) in [5.74, 6) is 1.34. The summed E-state index contributed by atoms with van der Waals surface area (Å²) in [5, 5.41) is 0. The average Bonchev–Trinajstić information content (AvgIpc) is 2.77. The maximum Gasteiger partial charge on any atom is 0.183 e. The lowest BCUT2D eigenvalue weighted by Crippen LogP contribution is -2.13. The van der Waals surface area contributed by atoms with E-state index in [9.17, 15) is 4.79 Å². The Labute approximate surface area is 115 Å². The second-order valence-corrected chi connectivity index (χ2v) is 5.33. The summed E-state index contributed by atoms with van der Waals surface area (Å²) < 4.78 is 2.74. The Morgan fingerprint density at radius 1 is 1.39 bits per heavy atom. The van der Waals surface area contributed by atoms with Gasteiger partial charge in [0.25, 0.3) is 0 Å². The highest BCUT2D eigenvalue weighted by atomic mass is 79.9. The topological polar surface area (TPSA) is 34.9 Å². The summed E-state index contributed by atoms with van der Waals surface area (Å²) in [6.45, 7) is 4.47. The molecular weight excluding hydrogens is 292 g/mol. The lowest BCUT2D eigenvalue weighted by atomic mass is 10.1. The van der Waals surface area contributed by atoms with Crippen LogP contribution in [-0.4, -0.2) is 15.3 Å². The molecule has 0 spiro atoms. The predicted octanol–water partition coefficient (Wildman–Crippen LogP) is 3.65. The van der Waals surface area contributed by atoms with Gasteiger partial charge in [0.15, 0.2) is 5.78 Å². The molecule has 0 amide bonds. The standard InChI is InChI=1S/C14H15BrN2O/c1-10(2)14-16-7-8-17(14)9-13(18)11-5-3-4-6-12(11)15/h3-8,10H,9H2,1-2H3. The Kier molecular flexibility index (Phi) is 3.97. The van der Waals surface area contributed by atoms with E-state index in [1.54, 1.807) is 6.20 Å². The molecule has 2 rings (SSSR count). The van der Waals surface area contributed by atoms with Crippen LogP contribution in [0.3, 0.4) is 0 Å². The monoisotopic (exact) mass is 306 g/mol. The highest BCUT2D eigenvalue weighted by Crippen LogP contribution is 2.18. The van der Waals surface area contributed by atoms with Crippen LogP contribution >= 0.6 is 15.9 Å². The highest BCUT2D eigenvalue weighted by Gasteiger charge is 2.13. The molecule has 2 aromatic rings. The highest BCUT2D eigenvalue weighted by molar-refractivity contribution is 9.10. The summed E-state index contributed by atoms with van der Waals surface area (Å²) in [7, 11) is 0. The first-order valence-electron chi connectivity index (χ1n) is 5.88. The van der Waals surface area contributed by atoms with Crippen LogP contribution in [0.5, 0.6) is 0 Å². The number of ketones is 1. The van der Waals surface area contributed by atoms with Crippen LogP contribution in [0.25, 0.3) is 0 Å². The smallest absolute Gasteiger partial charge is 0.183 e. The number of rotatable bonds is 4. The van der Waals surface area contributed by atoms with E-state index < -0.39 is 0 Å². The van der Waals surface area contributed by atoms with Gasteiger partial charge in [0.2, 0.25) is 0 Å². The molecule has 0 N–H and O–H groups in total. The largest absolute Gasteiger partial charge is 0.327 e. The Bertz CT molecular complexity index is 560. The predicted molar refractivity (Wildman–Crippen MR) is 74.8 cm³/mol. The zero-order valence-electron chi connectivity index (χ0n) is 10.4. The van der Waals surface area contributed by atoms with Crippen molar-refractivity contribution in [3.8, 4) is 0 Å². The van der Waals surface area contributed by atoms with Gasteiger partial charge in [-0.2, -0.15) is 0 Å². The Balaban J connectivity index is 2.22. The van der Waals surface area contributed by atoms with E-state index in [1.807, 2.05) is 35.0 Å². The SMILES string of the molecule is CC(C)c1nccn1CC(=O)c1ccccc1Br. The number of aromatic nitrogens is 2. The van der Waals surface area contributed by atoms with E-state index in [1.165, 1.54) is 0 Å². The van der Waals surface area contributed by atoms with E-state index in [4.69, 9.17) is 0 Å². The van der Waals surface area contributed by atoms with Gasteiger partial charge in [-0.1, -0.05) is 48.0 Å². The van der Waals surface area contributed by atoms with Gasteiger partial charge in [-0.05, 0) is 6.07 Å². The Hall–Kier alpha value is -1.42. The number of carbonyl (C=O) groups excluding carboxylic acids is 1. The molecule has 0 saturated carbocycles. The molecule has 0 fully saturated rings. The van der Waals surface area contributed by atoms with Crippen LogP contribution in [0.15, 0.2) is 41.1 Å². The number of nitrogens with zero attached hydrogens (tertiary/aromatic N) is 2. The van der Waals surface area contributed by atoms with E-state index in [-0.39, 0.29) is 5.78 Å². The van der Waals surface area contributed by atoms with E-state index in [0.717, 1.165) is 10.3 Å². The molecule has 0 radical (unpaired) electrons. The van der Waals surface area contributed by atoms with Crippen molar-refractivity contribution < 1.29 is 4.79 Å². The average molecular weight is 307 g/mol. The zero-order valence-corrected chi connectivity index (χ0v) is 12.0. The third kappa shape index (κ3) is 2.70. The summed E-state index contributed by atoms with van der Waals surface area (Å²) in [5.41, 5.74) is 0.709. The van der Waals surface area contributed by atoms with Crippen LogP contribution < -0.4 is 0 Å². The maximum absolute atomic E-state index is 12.2. The van der Waals surface area contributed by atoms with Gasteiger partial charge in [-0.15, -0.1) is 0 Å². The van der Waals surface area contributed by atoms with Crippen molar-refractivity contribution in [3.05, 3.63) is 52.5 Å². The fourth-order valence-corrected chi connectivity index (χ4v) is 2.39. The first kappa shape index (κ1) is 13.0. The van der Waals surface area contributed by atoms with Crippen molar-refractivity contribution in [1.82, 2.24) is 9.55 Å². The van der Waals surface area contributed by atoms with Gasteiger partial charge in [-0.25, -0.2) is 4.98 Å². The quantitative estimate of drug-likeness (QED) is 0.808. The number of halogens is 1. The molecule has 94 valence electrons. The number of Topliss-reactive ketones (excluding diaryl/α,β-unsaturated/α-hetero) is 1. The normalized spacial score (nSPS) is 10.9. The Morgan fingerprint density at radius 3 is 2.78 bits per heavy atom. The van der Waals surface area contributed by atoms with Crippen molar-refractivity contribution in [2.45, 2.75) is 26.3 Å². The van der Waals surface area contributed by atoms with Gasteiger partial charge in [0, 0.05) is 28.3 Å². The van der Waals surface area contributed by atoms with E-state index in [2.05, 4.69) is 34.8 Å². The number of imidazole rings is 1. The number of benzene rings is 1. The van der Waals surface area contributed by atoms with Gasteiger partial charge in [-0.3, -0.25) is 4.79 Å². The second kappa shape index (κ2) is 5.48. The molecule has 18 heavy (non-hydrogen) atoms. The molecule has 1 aromatic heterocycles. The van der Waals surface area contributed by atoms with E-state index in [0.29, 0.717) is 18.0 Å². The molecule has 1 aromatic carbocycles. The van der Waals surface area contributed by atoms with Gasteiger partial charge >= 0.3 is 0 Å². The zero-order chi connectivity index (χ0) is 13.1. The molecule has 0 aliphatic rings. The molecule has 0 atom stereocenters. The minimum atomic E-state index is 0.0855. The fraction of sp³-hybridized carbons (Fsp3) is 0.286. The number of carbonyl (C=O) groups is 1. The van der Waals surface area contributed by atoms with Crippen molar-refractivity contribution in [2.75, 3.05) is 0 Å². The van der Waals surface area contributed by atoms with Gasteiger partial charge in [0.1, 0.15) is 5.82 Å². The van der Waals surface area contributed by atoms with Gasteiger partial charge in [0.05, 0.1) is 6.54 Å². The molecule has 4 heteroatoms. The summed E-state index contributed by atoms with van der Waals surface area (Å²) in [6, 6.07) is 7.48. The minimum absolute atomic E-state index is 0.0855. The first-order valence-corrected chi connectivity index (χ1v) is 6.67. The van der Waals surface area contributed by atoms with Crippen LogP contribution in [0, 0.1) is 0 Å². The third-order valence-corrected chi connectivity index (χ3v) is 3.44. The lowest BCUT2D eigenvalue weighted by Gasteiger charge is -2.10. The van der Waals surface area contributed by atoms with Crippen molar-refractivity contribution >= 4 is 21.7 Å². The van der Waals surface area contributed by atoms with Crippen LogP contribution in [-0.2, 0) is 6.54 Å². The van der Waals surface area contributed by atoms with Gasteiger partial charge < -0.3 is 4.57 Å².